The molecule has 1 fully saturated rings. The van der Waals surface area contributed by atoms with Crippen LogP contribution in [-0.4, -0.2) is 42.3 Å². The van der Waals surface area contributed by atoms with E-state index in [1.54, 1.807) is 0 Å². The molecule has 2 heterocycles. The largest absolute Gasteiger partial charge is 0.433 e. The molecule has 1 aliphatic heterocycles. The summed E-state index contributed by atoms with van der Waals surface area (Å²) >= 11 is 0. The van der Waals surface area contributed by atoms with Crippen LogP contribution < -0.4 is 15.8 Å². The number of amides is 1. The molecule has 4 rings (SSSR count). The third kappa shape index (κ3) is 4.03. The lowest BCUT2D eigenvalue weighted by Gasteiger charge is -2.34. The Morgan fingerprint density at radius 1 is 1.27 bits per heavy atom. The first-order chi connectivity index (χ1) is 15.4. The molecule has 12 heteroatoms. The molecule has 2 aliphatic rings. The molecule has 1 aromatic heterocycles. The van der Waals surface area contributed by atoms with Crippen LogP contribution in [0.3, 0.4) is 0 Å². The van der Waals surface area contributed by atoms with Crippen LogP contribution in [0.25, 0.3) is 0 Å². The van der Waals surface area contributed by atoms with Gasteiger partial charge in [0.25, 0.3) is 5.91 Å². The second kappa shape index (κ2) is 7.72. The molecule has 1 aliphatic carbocycles. The van der Waals surface area contributed by atoms with E-state index < -0.39 is 44.2 Å². The highest BCUT2D eigenvalue weighted by Crippen LogP contribution is 2.50. The highest BCUT2D eigenvalue weighted by atomic mass is 32.2. The molecule has 1 saturated carbocycles. The number of pyridine rings is 1. The molecule has 2 aromatic rings. The van der Waals surface area contributed by atoms with Crippen LogP contribution in [0.4, 0.5) is 18.9 Å². The van der Waals surface area contributed by atoms with Crippen molar-refractivity contribution in [2.75, 3.05) is 11.1 Å². The Labute approximate surface area is 188 Å². The van der Waals surface area contributed by atoms with Crippen LogP contribution in [0, 0.1) is 12.7 Å². The number of rotatable bonds is 5. The summed E-state index contributed by atoms with van der Waals surface area (Å²) in [6, 6.07) is 4.93. The number of nitrogens with two attached hydrogens (primary N) is 1. The summed E-state index contributed by atoms with van der Waals surface area (Å²) in [6.45, 7) is -0.0560. The molecular formula is C21H21F3N4O4S. The molecule has 1 atom stereocenters. The van der Waals surface area contributed by atoms with Gasteiger partial charge in [0.15, 0.2) is 9.84 Å². The lowest BCUT2D eigenvalue weighted by atomic mass is 9.93. The number of carbonyl (C=O) groups is 1. The lowest BCUT2D eigenvalue weighted by Crippen LogP contribution is -2.50. The smallest absolute Gasteiger partial charge is 0.387 e. The summed E-state index contributed by atoms with van der Waals surface area (Å²) in [5.74, 6) is -2.01. The van der Waals surface area contributed by atoms with Gasteiger partial charge in [-0.15, -0.1) is 0 Å². The van der Waals surface area contributed by atoms with E-state index in [1.807, 2.05) is 0 Å². The number of benzene rings is 1. The van der Waals surface area contributed by atoms with Gasteiger partial charge < -0.3 is 15.8 Å². The first-order valence-corrected chi connectivity index (χ1v) is 11.6. The SMILES string of the molecule is Cc1cc(OC(F)F)cnc1C(=O)Nc1ccc(F)c([C@]2(C)CS(=O)(=O)C3(CC3)C(N)=N2)c1. The van der Waals surface area contributed by atoms with E-state index in [4.69, 9.17) is 5.73 Å². The molecule has 3 N–H and O–H groups in total. The predicted molar refractivity (Wildman–Crippen MR) is 115 cm³/mol. The average Bonchev–Trinajstić information content (AvgIpc) is 3.50. The zero-order valence-electron chi connectivity index (χ0n) is 17.7. The molecule has 1 aromatic carbocycles. The Morgan fingerprint density at radius 2 is 1.97 bits per heavy atom. The van der Waals surface area contributed by atoms with Crippen LogP contribution in [-0.2, 0) is 15.4 Å². The molecule has 33 heavy (non-hydrogen) atoms. The molecule has 1 amide bonds. The van der Waals surface area contributed by atoms with E-state index in [0.29, 0.717) is 12.8 Å². The van der Waals surface area contributed by atoms with Gasteiger partial charge in [-0.25, -0.2) is 17.8 Å². The van der Waals surface area contributed by atoms with Crippen molar-refractivity contribution < 1.29 is 31.1 Å². The van der Waals surface area contributed by atoms with Crippen molar-refractivity contribution in [1.29, 1.82) is 0 Å². The fraction of sp³-hybridized carbons (Fsp3) is 0.381. The van der Waals surface area contributed by atoms with Gasteiger partial charge in [-0.1, -0.05) is 0 Å². The Morgan fingerprint density at radius 3 is 2.55 bits per heavy atom. The Hall–Kier alpha value is -3.15. The topological polar surface area (TPSA) is 124 Å². The number of nitrogens with one attached hydrogen (secondary N) is 1. The van der Waals surface area contributed by atoms with E-state index in [-0.39, 0.29) is 34.1 Å². The number of sulfone groups is 1. The first kappa shape index (κ1) is 23.0. The minimum atomic E-state index is -3.65. The number of hydrogen-bond donors (Lipinski definition) is 2. The molecule has 0 unspecified atom stereocenters. The fourth-order valence-electron chi connectivity index (χ4n) is 4.05. The van der Waals surface area contributed by atoms with E-state index in [2.05, 4.69) is 20.0 Å². The Bertz CT molecular complexity index is 1280. The monoisotopic (exact) mass is 482 g/mol. The van der Waals surface area contributed by atoms with Gasteiger partial charge in [0.1, 0.15) is 33.4 Å². The summed E-state index contributed by atoms with van der Waals surface area (Å²) in [6.07, 6.45) is 1.78. The zero-order chi connectivity index (χ0) is 24.2. The standard InChI is InChI=1S/C21H21F3N4O4S/c1-11-7-13(32-19(23)24)9-26-16(11)17(29)27-12-3-4-15(22)14(8-12)20(2)10-33(30,31)21(5-6-21)18(25)28-20/h3-4,7-9,19H,5-6,10H2,1-2H3,(H2,25,28)(H,27,29)/t20-/m0/s1. The number of aliphatic imine (C=N–C) groups is 1. The van der Waals surface area contributed by atoms with E-state index in [1.165, 1.54) is 32.0 Å². The van der Waals surface area contributed by atoms with Crippen LogP contribution >= 0.6 is 0 Å². The highest BCUT2D eigenvalue weighted by Gasteiger charge is 2.62. The molecule has 0 bridgehead atoms. The van der Waals surface area contributed by atoms with Crippen molar-refractivity contribution in [3.05, 3.63) is 53.1 Å². The Balaban J connectivity index is 1.62. The summed E-state index contributed by atoms with van der Waals surface area (Å²) in [5, 5.41) is 2.56. The maximum atomic E-state index is 14.8. The number of ether oxygens (including phenoxy) is 1. The summed E-state index contributed by atoms with van der Waals surface area (Å²) < 4.78 is 68.3. The molecule has 1 spiro atoms. The number of hydrogen-bond acceptors (Lipinski definition) is 7. The fourth-order valence-corrected chi connectivity index (χ4v) is 6.37. The van der Waals surface area contributed by atoms with Crippen molar-refractivity contribution in [3.63, 3.8) is 0 Å². The van der Waals surface area contributed by atoms with E-state index >= 15 is 0 Å². The van der Waals surface area contributed by atoms with Crippen molar-refractivity contribution in [2.45, 2.75) is 43.6 Å². The summed E-state index contributed by atoms with van der Waals surface area (Å²) in [5.41, 5.74) is 4.88. The second-order valence-electron chi connectivity index (χ2n) is 8.39. The summed E-state index contributed by atoms with van der Waals surface area (Å²) in [4.78, 5) is 20.9. The third-order valence-electron chi connectivity index (χ3n) is 5.90. The minimum absolute atomic E-state index is 0.0315. The highest BCUT2D eigenvalue weighted by molar-refractivity contribution is 7.94. The van der Waals surface area contributed by atoms with E-state index in [9.17, 15) is 26.4 Å². The summed E-state index contributed by atoms with van der Waals surface area (Å²) in [7, 11) is -3.65. The molecule has 0 saturated heterocycles. The number of aromatic nitrogens is 1. The van der Waals surface area contributed by atoms with Crippen LogP contribution in [0.2, 0.25) is 0 Å². The number of carbonyl (C=O) groups excluding carboxylic acids is 1. The average molecular weight is 482 g/mol. The van der Waals surface area contributed by atoms with Crippen LogP contribution in [0.1, 0.15) is 41.4 Å². The molecule has 176 valence electrons. The number of alkyl halides is 2. The second-order valence-corrected chi connectivity index (χ2v) is 10.7. The van der Waals surface area contributed by atoms with Gasteiger partial charge in [0.2, 0.25) is 0 Å². The predicted octanol–water partition coefficient (Wildman–Crippen LogP) is 2.92. The molecule has 8 nitrogen and oxygen atoms in total. The number of anilines is 1. The van der Waals surface area contributed by atoms with E-state index in [0.717, 1.165) is 12.3 Å². The van der Waals surface area contributed by atoms with Gasteiger partial charge >= 0.3 is 6.61 Å². The normalized spacial score (nSPS) is 22.7. The number of halogens is 3. The van der Waals surface area contributed by atoms with Crippen LogP contribution in [0.15, 0.2) is 35.5 Å². The van der Waals surface area contributed by atoms with Crippen molar-refractivity contribution in [1.82, 2.24) is 4.98 Å². The minimum Gasteiger partial charge on any atom is -0.433 e. The first-order valence-electron chi connectivity index (χ1n) is 9.98. The van der Waals surface area contributed by atoms with Crippen molar-refractivity contribution in [3.8, 4) is 5.75 Å². The van der Waals surface area contributed by atoms with Gasteiger partial charge in [-0.3, -0.25) is 9.79 Å². The van der Waals surface area contributed by atoms with Gasteiger partial charge in [0.05, 0.1) is 11.9 Å². The van der Waals surface area contributed by atoms with Gasteiger partial charge in [-0.05, 0) is 56.5 Å². The number of aryl methyl sites for hydroxylation is 1. The number of nitrogens with zero attached hydrogens (tertiary/aromatic N) is 2. The third-order valence-corrected chi connectivity index (χ3v) is 8.65. The quantitative estimate of drug-likeness (QED) is 0.676. The maximum absolute atomic E-state index is 14.8. The zero-order valence-corrected chi connectivity index (χ0v) is 18.5. The lowest BCUT2D eigenvalue weighted by molar-refractivity contribution is -0.0501. The molecular weight excluding hydrogens is 461 g/mol. The van der Waals surface area contributed by atoms with Gasteiger partial charge in [0, 0.05) is 11.3 Å². The molecule has 0 radical (unpaired) electrons. The van der Waals surface area contributed by atoms with Crippen molar-refractivity contribution in [2.24, 2.45) is 10.7 Å². The Kier molecular flexibility index (Phi) is 5.38. The number of amidine groups is 1. The van der Waals surface area contributed by atoms with Gasteiger partial charge in [-0.2, -0.15) is 8.78 Å². The van der Waals surface area contributed by atoms with Crippen LogP contribution in [0.5, 0.6) is 5.75 Å². The maximum Gasteiger partial charge on any atom is 0.387 e. The van der Waals surface area contributed by atoms with Crippen molar-refractivity contribution >= 4 is 27.3 Å².